The van der Waals surface area contributed by atoms with Gasteiger partial charge in [0.15, 0.2) is 0 Å². The van der Waals surface area contributed by atoms with E-state index in [2.05, 4.69) is 0 Å². The molecule has 0 aliphatic heterocycles. The Morgan fingerprint density at radius 3 is 2.27 bits per heavy atom. The fourth-order valence-corrected chi connectivity index (χ4v) is 1.46. The second kappa shape index (κ2) is 4.08. The fraction of sp³-hybridized carbons (Fsp3) is 0.750. The van der Waals surface area contributed by atoms with Crippen molar-refractivity contribution in [3.05, 3.63) is 0 Å². The first kappa shape index (κ1) is 11.8. The van der Waals surface area contributed by atoms with Crippen LogP contribution in [-0.4, -0.2) is 29.7 Å². The lowest BCUT2D eigenvalue weighted by atomic mass is 9.73. The maximum absolute atomic E-state index is 11.7. The number of carbonyl (C=O) groups is 2. The van der Waals surface area contributed by atoms with Crippen LogP contribution in [-0.2, 0) is 9.59 Å². The van der Waals surface area contributed by atoms with Crippen molar-refractivity contribution in [3.63, 3.8) is 0 Å². The second-order valence-electron chi connectivity index (χ2n) is 3.49. The zero-order chi connectivity index (χ0) is 11.6. The minimum absolute atomic E-state index is 0.227. The predicted molar refractivity (Wildman–Crippen MR) is 42.9 cm³/mol. The third-order valence-corrected chi connectivity index (χ3v) is 2.52. The number of carbonyl (C=O) groups excluding carboxylic acids is 1. The van der Waals surface area contributed by atoms with Gasteiger partial charge in [-0.3, -0.25) is 9.59 Å². The Balaban J connectivity index is 2.33. The number of alkyl halides is 3. The Hall–Kier alpha value is -1.27. The minimum atomic E-state index is -4.90. The van der Waals surface area contributed by atoms with E-state index in [9.17, 15) is 22.8 Å². The summed E-state index contributed by atoms with van der Waals surface area (Å²) in [5.74, 6) is -4.04. The molecule has 0 aromatic heterocycles. The summed E-state index contributed by atoms with van der Waals surface area (Å²) in [6.07, 6.45) is -3.90. The molecule has 1 amide bonds. The van der Waals surface area contributed by atoms with Crippen molar-refractivity contribution in [1.29, 1.82) is 0 Å². The third kappa shape index (κ3) is 2.84. The molecule has 4 nitrogen and oxygen atoms in total. The van der Waals surface area contributed by atoms with Gasteiger partial charge in [0.05, 0.1) is 5.92 Å². The van der Waals surface area contributed by atoms with E-state index < -0.39 is 24.0 Å². The largest absolute Gasteiger partial charge is 0.481 e. The van der Waals surface area contributed by atoms with Gasteiger partial charge in [-0.2, -0.15) is 13.2 Å². The van der Waals surface area contributed by atoms with Crippen molar-refractivity contribution >= 4 is 11.9 Å². The van der Waals surface area contributed by atoms with Crippen LogP contribution >= 0.6 is 0 Å². The highest BCUT2D eigenvalue weighted by Gasteiger charge is 2.41. The molecule has 0 bridgehead atoms. The van der Waals surface area contributed by atoms with Crippen molar-refractivity contribution in [2.24, 2.45) is 11.8 Å². The Morgan fingerprint density at radius 1 is 1.33 bits per heavy atom. The summed E-state index contributed by atoms with van der Waals surface area (Å²) < 4.78 is 35.2. The van der Waals surface area contributed by atoms with E-state index in [1.807, 2.05) is 0 Å². The van der Waals surface area contributed by atoms with E-state index in [1.54, 1.807) is 5.32 Å². The molecule has 15 heavy (non-hydrogen) atoms. The van der Waals surface area contributed by atoms with E-state index in [0.717, 1.165) is 0 Å². The average molecular weight is 225 g/mol. The average Bonchev–Trinajstić information content (AvgIpc) is 1.98. The third-order valence-electron chi connectivity index (χ3n) is 2.52. The van der Waals surface area contributed by atoms with Gasteiger partial charge in [0.2, 0.25) is 0 Å². The van der Waals surface area contributed by atoms with Crippen LogP contribution in [0.5, 0.6) is 0 Å². The lowest BCUT2D eigenvalue weighted by Crippen LogP contribution is -2.45. The number of nitrogens with one attached hydrogen (secondary N) is 1. The number of amides is 1. The fourth-order valence-electron chi connectivity index (χ4n) is 1.46. The molecule has 0 heterocycles. The topological polar surface area (TPSA) is 66.4 Å². The maximum atomic E-state index is 11.7. The van der Waals surface area contributed by atoms with E-state index >= 15 is 0 Å². The monoisotopic (exact) mass is 225 g/mol. The molecule has 2 N–H and O–H groups in total. The highest BCUT2D eigenvalue weighted by molar-refractivity contribution is 5.81. The van der Waals surface area contributed by atoms with Gasteiger partial charge >= 0.3 is 18.1 Å². The molecule has 1 rings (SSSR count). The molecule has 2 unspecified atom stereocenters. The number of carboxylic acid groups (broad SMARTS) is 1. The number of halogens is 3. The molecule has 86 valence electrons. The minimum Gasteiger partial charge on any atom is -0.481 e. The van der Waals surface area contributed by atoms with Crippen molar-refractivity contribution in [3.8, 4) is 0 Å². The van der Waals surface area contributed by atoms with Crippen LogP contribution < -0.4 is 5.32 Å². The molecule has 1 saturated carbocycles. The van der Waals surface area contributed by atoms with Crippen molar-refractivity contribution in [1.82, 2.24) is 5.32 Å². The SMILES string of the molecule is O=C(O)C1CCC1CNC(=O)C(F)(F)F. The molecule has 0 aromatic rings. The lowest BCUT2D eigenvalue weighted by Gasteiger charge is -2.33. The summed E-state index contributed by atoms with van der Waals surface area (Å²) in [5.41, 5.74) is 0. The van der Waals surface area contributed by atoms with Gasteiger partial charge in [0, 0.05) is 6.54 Å². The molecule has 0 aromatic carbocycles. The molecule has 0 spiro atoms. The van der Waals surface area contributed by atoms with Crippen LogP contribution in [0, 0.1) is 11.8 Å². The van der Waals surface area contributed by atoms with Crippen molar-refractivity contribution < 1.29 is 27.9 Å². The number of carboxylic acids is 1. The normalized spacial score (nSPS) is 25.5. The first-order valence-electron chi connectivity index (χ1n) is 4.40. The Bertz CT molecular complexity index is 277. The number of aliphatic carboxylic acids is 1. The molecule has 1 aliphatic rings. The molecule has 0 radical (unpaired) electrons. The van der Waals surface area contributed by atoms with Gasteiger partial charge in [-0.1, -0.05) is 0 Å². The number of hydrogen-bond acceptors (Lipinski definition) is 2. The molecular weight excluding hydrogens is 215 g/mol. The zero-order valence-corrected chi connectivity index (χ0v) is 7.67. The van der Waals surface area contributed by atoms with Crippen molar-refractivity contribution in [2.75, 3.05) is 6.54 Å². The van der Waals surface area contributed by atoms with Crippen LogP contribution in [0.4, 0.5) is 13.2 Å². The highest BCUT2D eigenvalue weighted by atomic mass is 19.4. The van der Waals surface area contributed by atoms with Gasteiger partial charge in [-0.15, -0.1) is 0 Å². The summed E-state index contributed by atoms with van der Waals surface area (Å²) in [6, 6.07) is 0. The van der Waals surface area contributed by atoms with Crippen LogP contribution in [0.15, 0.2) is 0 Å². The number of rotatable bonds is 3. The molecular formula is C8H10F3NO3. The van der Waals surface area contributed by atoms with Crippen LogP contribution in [0.2, 0.25) is 0 Å². The molecule has 1 aliphatic carbocycles. The summed E-state index contributed by atoms with van der Waals surface area (Å²) in [4.78, 5) is 20.9. The first-order chi connectivity index (χ1) is 6.82. The maximum Gasteiger partial charge on any atom is 0.471 e. The summed E-state index contributed by atoms with van der Waals surface area (Å²) in [6.45, 7) is -0.227. The van der Waals surface area contributed by atoms with Crippen LogP contribution in [0.1, 0.15) is 12.8 Å². The summed E-state index contributed by atoms with van der Waals surface area (Å²) in [5, 5.41) is 10.3. The molecule has 0 saturated heterocycles. The number of hydrogen-bond donors (Lipinski definition) is 2. The van der Waals surface area contributed by atoms with E-state index in [4.69, 9.17) is 5.11 Å². The molecule has 7 heteroatoms. The van der Waals surface area contributed by atoms with Crippen LogP contribution in [0.25, 0.3) is 0 Å². The Morgan fingerprint density at radius 2 is 1.93 bits per heavy atom. The molecule has 2 atom stereocenters. The van der Waals surface area contributed by atoms with Crippen molar-refractivity contribution in [2.45, 2.75) is 19.0 Å². The van der Waals surface area contributed by atoms with E-state index in [1.165, 1.54) is 0 Å². The summed E-state index contributed by atoms with van der Waals surface area (Å²) in [7, 11) is 0. The van der Waals surface area contributed by atoms with Gasteiger partial charge in [-0.05, 0) is 18.8 Å². The smallest absolute Gasteiger partial charge is 0.471 e. The quantitative estimate of drug-likeness (QED) is 0.745. The van der Waals surface area contributed by atoms with Gasteiger partial charge in [0.25, 0.3) is 0 Å². The van der Waals surface area contributed by atoms with Gasteiger partial charge < -0.3 is 10.4 Å². The lowest BCUT2D eigenvalue weighted by molar-refractivity contribution is -0.174. The Labute approximate surface area is 83.5 Å². The zero-order valence-electron chi connectivity index (χ0n) is 7.67. The summed E-state index contributed by atoms with van der Waals surface area (Å²) >= 11 is 0. The van der Waals surface area contributed by atoms with Crippen LogP contribution in [0.3, 0.4) is 0 Å². The van der Waals surface area contributed by atoms with Gasteiger partial charge in [0.1, 0.15) is 0 Å². The predicted octanol–water partition coefficient (Wildman–Crippen LogP) is 0.776. The van der Waals surface area contributed by atoms with E-state index in [-0.39, 0.29) is 12.5 Å². The highest BCUT2D eigenvalue weighted by Crippen LogP contribution is 2.33. The second-order valence-corrected chi connectivity index (χ2v) is 3.49. The van der Waals surface area contributed by atoms with E-state index in [0.29, 0.717) is 12.8 Å². The standard InChI is InChI=1S/C8H10F3NO3/c9-8(10,11)7(15)12-3-4-1-2-5(4)6(13)14/h4-5H,1-3H2,(H,12,15)(H,13,14). The first-order valence-corrected chi connectivity index (χ1v) is 4.40. The Kier molecular flexibility index (Phi) is 3.21. The molecule has 1 fully saturated rings. The van der Waals surface area contributed by atoms with Gasteiger partial charge in [-0.25, -0.2) is 0 Å².